The van der Waals surface area contributed by atoms with Crippen molar-refractivity contribution in [3.05, 3.63) is 29.3 Å². The number of fused-ring (bicyclic) bond motifs is 1. The summed E-state index contributed by atoms with van der Waals surface area (Å²) in [5, 5.41) is 9.95. The lowest BCUT2D eigenvalue weighted by atomic mass is 10.0. The number of hydrogen-bond donors (Lipinski definition) is 1. The highest BCUT2D eigenvalue weighted by atomic mass is 32.1. The van der Waals surface area contributed by atoms with Crippen LogP contribution in [0.3, 0.4) is 0 Å². The molecule has 21 heavy (non-hydrogen) atoms. The van der Waals surface area contributed by atoms with Crippen LogP contribution in [0.25, 0.3) is 10.2 Å². The summed E-state index contributed by atoms with van der Waals surface area (Å²) in [7, 11) is 0. The molecular weight excluding hydrogens is 284 g/mol. The fourth-order valence-corrected chi connectivity index (χ4v) is 4.06. The minimum atomic E-state index is -0.687. The van der Waals surface area contributed by atoms with Crippen LogP contribution in [0.4, 0.5) is 0 Å². The van der Waals surface area contributed by atoms with Crippen LogP contribution in [-0.2, 0) is 4.79 Å². The van der Waals surface area contributed by atoms with Crippen LogP contribution < -0.4 is 0 Å². The van der Waals surface area contributed by atoms with Gasteiger partial charge in [-0.3, -0.25) is 9.69 Å². The zero-order valence-electron chi connectivity index (χ0n) is 12.2. The second-order valence-electron chi connectivity index (χ2n) is 5.78. The summed E-state index contributed by atoms with van der Waals surface area (Å²) in [6, 6.07) is 8.56. The monoisotopic (exact) mass is 304 g/mol. The second-order valence-corrected chi connectivity index (χ2v) is 6.84. The van der Waals surface area contributed by atoms with Crippen molar-refractivity contribution >= 4 is 27.5 Å². The Morgan fingerprint density at radius 1 is 1.52 bits per heavy atom. The van der Waals surface area contributed by atoms with Crippen LogP contribution in [0, 0.1) is 5.92 Å². The third-order valence-electron chi connectivity index (χ3n) is 4.30. The van der Waals surface area contributed by atoms with Gasteiger partial charge >= 0.3 is 5.97 Å². The van der Waals surface area contributed by atoms with E-state index in [0.717, 1.165) is 36.5 Å². The Morgan fingerprint density at radius 3 is 3.10 bits per heavy atom. The quantitative estimate of drug-likeness (QED) is 0.918. The maximum atomic E-state index is 10.7. The molecule has 1 aromatic heterocycles. The fourth-order valence-electron chi connectivity index (χ4n) is 3.00. The van der Waals surface area contributed by atoms with Crippen molar-refractivity contribution in [3.8, 4) is 0 Å². The van der Waals surface area contributed by atoms with E-state index in [-0.39, 0.29) is 6.42 Å². The van der Waals surface area contributed by atoms with Gasteiger partial charge < -0.3 is 5.11 Å². The maximum Gasteiger partial charge on any atom is 0.303 e. The van der Waals surface area contributed by atoms with E-state index in [4.69, 9.17) is 10.1 Å². The topological polar surface area (TPSA) is 53.4 Å². The summed E-state index contributed by atoms with van der Waals surface area (Å²) in [5.41, 5.74) is 1.07. The van der Waals surface area contributed by atoms with Crippen LogP contribution in [0.15, 0.2) is 24.3 Å². The molecule has 5 heteroatoms. The second kappa shape index (κ2) is 6.12. The molecule has 2 atom stereocenters. The van der Waals surface area contributed by atoms with Crippen molar-refractivity contribution in [1.82, 2.24) is 9.88 Å². The number of rotatable bonds is 5. The highest BCUT2D eigenvalue weighted by Crippen LogP contribution is 2.33. The van der Waals surface area contributed by atoms with Gasteiger partial charge in [0.05, 0.1) is 16.3 Å². The minimum Gasteiger partial charge on any atom is -0.481 e. The van der Waals surface area contributed by atoms with Gasteiger partial charge in [0, 0.05) is 13.0 Å². The first-order valence-electron chi connectivity index (χ1n) is 7.45. The molecule has 0 saturated carbocycles. The van der Waals surface area contributed by atoms with Gasteiger partial charge in [-0.1, -0.05) is 12.1 Å². The van der Waals surface area contributed by atoms with Gasteiger partial charge in [-0.05, 0) is 44.4 Å². The zero-order valence-corrected chi connectivity index (χ0v) is 13.0. The highest BCUT2D eigenvalue weighted by Gasteiger charge is 2.28. The number of carbonyl (C=O) groups is 1. The number of nitrogens with zero attached hydrogens (tertiary/aromatic N) is 2. The molecular formula is C16H20N2O2S. The van der Waals surface area contributed by atoms with Crippen molar-refractivity contribution in [2.45, 2.75) is 32.2 Å². The van der Waals surface area contributed by atoms with Crippen molar-refractivity contribution in [1.29, 1.82) is 0 Å². The van der Waals surface area contributed by atoms with Crippen LogP contribution >= 0.6 is 11.3 Å². The molecule has 0 bridgehead atoms. The van der Waals surface area contributed by atoms with E-state index in [1.54, 1.807) is 11.3 Å². The highest BCUT2D eigenvalue weighted by molar-refractivity contribution is 7.18. The molecule has 3 rings (SSSR count). The van der Waals surface area contributed by atoms with E-state index in [1.807, 2.05) is 12.1 Å². The Bertz CT molecular complexity index is 607. The van der Waals surface area contributed by atoms with Crippen molar-refractivity contribution in [2.24, 2.45) is 5.92 Å². The number of benzene rings is 1. The summed E-state index contributed by atoms with van der Waals surface area (Å²) in [6.45, 7) is 4.24. The van der Waals surface area contributed by atoms with Crippen LogP contribution in [0.1, 0.15) is 37.2 Å². The van der Waals surface area contributed by atoms with E-state index in [1.165, 1.54) is 4.70 Å². The molecule has 0 aliphatic carbocycles. The van der Waals surface area contributed by atoms with Gasteiger partial charge in [0.2, 0.25) is 0 Å². The number of thiazole rings is 1. The molecule has 2 aromatic rings. The molecule has 1 aliphatic rings. The number of hydrogen-bond acceptors (Lipinski definition) is 4. The molecule has 1 aliphatic heterocycles. The summed E-state index contributed by atoms with van der Waals surface area (Å²) in [5.74, 6) is -0.175. The Labute approximate surface area is 128 Å². The van der Waals surface area contributed by atoms with Crippen molar-refractivity contribution in [2.75, 3.05) is 13.1 Å². The number of aromatic nitrogens is 1. The molecule has 1 saturated heterocycles. The largest absolute Gasteiger partial charge is 0.481 e. The van der Waals surface area contributed by atoms with E-state index in [9.17, 15) is 4.79 Å². The molecule has 112 valence electrons. The number of carboxylic acids is 1. The molecule has 4 nitrogen and oxygen atoms in total. The van der Waals surface area contributed by atoms with Crippen molar-refractivity contribution in [3.63, 3.8) is 0 Å². The molecule has 2 heterocycles. The molecule has 1 fully saturated rings. The lowest BCUT2D eigenvalue weighted by Gasteiger charge is -2.22. The first-order chi connectivity index (χ1) is 10.1. The van der Waals surface area contributed by atoms with Crippen molar-refractivity contribution < 1.29 is 9.90 Å². The van der Waals surface area contributed by atoms with E-state index in [2.05, 4.69) is 24.0 Å². The van der Waals surface area contributed by atoms with Gasteiger partial charge in [-0.2, -0.15) is 0 Å². The molecule has 0 spiro atoms. The summed E-state index contributed by atoms with van der Waals surface area (Å²) >= 11 is 1.76. The zero-order chi connectivity index (χ0) is 14.8. The summed E-state index contributed by atoms with van der Waals surface area (Å²) in [6.07, 6.45) is 2.18. The van der Waals surface area contributed by atoms with Gasteiger partial charge in [0.25, 0.3) is 0 Å². The number of likely N-dealkylation sites (tertiary alicyclic amines) is 1. The Kier molecular flexibility index (Phi) is 4.22. The molecule has 1 N–H and O–H groups in total. The number of para-hydroxylation sites is 1. The average molecular weight is 304 g/mol. The molecule has 0 amide bonds. The Hall–Kier alpha value is -1.46. The van der Waals surface area contributed by atoms with E-state index < -0.39 is 5.97 Å². The first-order valence-corrected chi connectivity index (χ1v) is 8.26. The Balaban J connectivity index is 1.65. The summed E-state index contributed by atoms with van der Waals surface area (Å²) in [4.78, 5) is 17.8. The predicted octanol–water partition coefficient (Wildman–Crippen LogP) is 3.54. The normalized spacial score (nSPS) is 20.9. The summed E-state index contributed by atoms with van der Waals surface area (Å²) < 4.78 is 1.24. The van der Waals surface area contributed by atoms with Crippen LogP contribution in [-0.4, -0.2) is 34.0 Å². The van der Waals surface area contributed by atoms with Gasteiger partial charge in [0.1, 0.15) is 5.01 Å². The molecule has 2 unspecified atom stereocenters. The maximum absolute atomic E-state index is 10.7. The van der Waals surface area contributed by atoms with Gasteiger partial charge in [-0.25, -0.2) is 4.98 Å². The van der Waals surface area contributed by atoms with Crippen LogP contribution in [0.2, 0.25) is 0 Å². The van der Waals surface area contributed by atoms with E-state index >= 15 is 0 Å². The lowest BCUT2D eigenvalue weighted by molar-refractivity contribution is -0.137. The third kappa shape index (κ3) is 3.24. The van der Waals surface area contributed by atoms with Gasteiger partial charge in [0.15, 0.2) is 0 Å². The predicted molar refractivity (Wildman–Crippen MR) is 84.6 cm³/mol. The number of carboxylic acid groups (broad SMARTS) is 1. The molecule has 0 radical (unpaired) electrons. The smallest absolute Gasteiger partial charge is 0.303 e. The molecule has 1 aromatic carbocycles. The third-order valence-corrected chi connectivity index (χ3v) is 5.51. The fraction of sp³-hybridized carbons (Fsp3) is 0.500. The minimum absolute atomic E-state index is 0.286. The number of aliphatic carboxylic acids is 1. The standard InChI is InChI=1S/C16H20N2O2S/c1-11(16-17-13-4-2-3-5-14(13)21-16)18-9-8-12(10-18)6-7-15(19)20/h2-5,11-12H,6-10H2,1H3,(H,19,20). The van der Waals surface area contributed by atoms with E-state index in [0.29, 0.717) is 12.0 Å². The first kappa shape index (κ1) is 14.5. The Morgan fingerprint density at radius 2 is 2.33 bits per heavy atom. The SMILES string of the molecule is CC(c1nc2ccccc2s1)N1CCC(CCC(=O)O)C1. The van der Waals surface area contributed by atoms with Crippen LogP contribution in [0.5, 0.6) is 0 Å². The lowest BCUT2D eigenvalue weighted by Crippen LogP contribution is -2.24. The van der Waals surface area contributed by atoms with Gasteiger partial charge in [-0.15, -0.1) is 11.3 Å². The average Bonchev–Trinajstić information content (AvgIpc) is 3.11.